The Bertz CT molecular complexity index is 229. The van der Waals surface area contributed by atoms with Crippen LogP contribution in [-0.4, -0.2) is 23.8 Å². The van der Waals surface area contributed by atoms with Crippen molar-refractivity contribution in [2.24, 2.45) is 0 Å². The average molecular weight is 300 g/mol. The maximum Gasteiger partial charge on any atom is 0.305 e. The molecule has 0 amide bonds. The first-order valence-electron chi connectivity index (χ1n) is 9.04. The van der Waals surface area contributed by atoms with Gasteiger partial charge in [0.2, 0.25) is 0 Å². The van der Waals surface area contributed by atoms with Gasteiger partial charge >= 0.3 is 5.97 Å². The van der Waals surface area contributed by atoms with Crippen molar-refractivity contribution in [3.8, 4) is 0 Å². The molecule has 0 aliphatic heterocycles. The molecule has 3 nitrogen and oxygen atoms in total. The molecular formula is C18H36O3. The molecule has 3 heteroatoms. The summed E-state index contributed by atoms with van der Waals surface area (Å²) in [7, 11) is 0. The largest absolute Gasteiger partial charge is 0.481 e. The molecule has 0 aromatic rings. The topological polar surface area (TPSA) is 46.5 Å². The number of carbonyl (C=O) groups is 1. The molecule has 0 radical (unpaired) electrons. The lowest BCUT2D eigenvalue weighted by Gasteiger charge is -2.16. The minimum absolute atomic E-state index is 0.0835. The minimum atomic E-state index is -0.739. The van der Waals surface area contributed by atoms with Gasteiger partial charge in [-0.25, -0.2) is 0 Å². The zero-order chi connectivity index (χ0) is 15.8. The van der Waals surface area contributed by atoms with E-state index in [0.717, 1.165) is 19.3 Å². The Labute approximate surface area is 131 Å². The van der Waals surface area contributed by atoms with E-state index < -0.39 is 5.97 Å². The van der Waals surface area contributed by atoms with Crippen LogP contribution in [0.2, 0.25) is 0 Å². The number of rotatable bonds is 16. The summed E-state index contributed by atoms with van der Waals surface area (Å²) in [6.45, 7) is 5.14. The molecule has 0 aromatic carbocycles. The Kier molecular flexibility index (Phi) is 15.4. The number of hydrogen-bond acceptors (Lipinski definition) is 2. The van der Waals surface area contributed by atoms with Crippen LogP contribution in [0.15, 0.2) is 0 Å². The van der Waals surface area contributed by atoms with Crippen molar-refractivity contribution < 1.29 is 14.6 Å². The second-order valence-electron chi connectivity index (χ2n) is 6.06. The van der Waals surface area contributed by atoms with Crippen molar-refractivity contribution >= 4 is 5.97 Å². The molecule has 0 aliphatic carbocycles. The van der Waals surface area contributed by atoms with Crippen LogP contribution in [-0.2, 0) is 9.53 Å². The fraction of sp³-hybridized carbons (Fsp3) is 0.944. The highest BCUT2D eigenvalue weighted by molar-refractivity contribution is 5.67. The molecule has 0 spiro atoms. The molecule has 0 bridgehead atoms. The maximum atomic E-state index is 10.9. The lowest BCUT2D eigenvalue weighted by Crippen LogP contribution is -2.18. The van der Waals surface area contributed by atoms with Gasteiger partial charge in [-0.2, -0.15) is 0 Å². The predicted molar refractivity (Wildman–Crippen MR) is 88.7 cm³/mol. The fourth-order valence-electron chi connectivity index (χ4n) is 2.55. The lowest BCUT2D eigenvalue weighted by molar-refractivity contribution is -0.140. The monoisotopic (exact) mass is 300 g/mol. The molecular weight excluding hydrogens is 264 g/mol. The maximum absolute atomic E-state index is 10.9. The van der Waals surface area contributed by atoms with Gasteiger partial charge in [0.05, 0.1) is 12.5 Å². The third-order valence-corrected chi connectivity index (χ3v) is 3.88. The van der Waals surface area contributed by atoms with Gasteiger partial charge in [0.15, 0.2) is 0 Å². The predicted octanol–water partition coefficient (Wildman–Crippen LogP) is 5.57. The van der Waals surface area contributed by atoms with Gasteiger partial charge in [-0.05, 0) is 12.8 Å². The van der Waals surface area contributed by atoms with Gasteiger partial charge in [0.1, 0.15) is 0 Å². The van der Waals surface area contributed by atoms with E-state index in [1.165, 1.54) is 57.8 Å². The van der Waals surface area contributed by atoms with Gasteiger partial charge in [0.25, 0.3) is 0 Å². The zero-order valence-electron chi connectivity index (χ0n) is 14.2. The quantitative estimate of drug-likeness (QED) is 0.379. The fourth-order valence-corrected chi connectivity index (χ4v) is 2.55. The van der Waals surface area contributed by atoms with Crippen molar-refractivity contribution in [3.63, 3.8) is 0 Å². The van der Waals surface area contributed by atoms with E-state index in [0.29, 0.717) is 6.61 Å². The van der Waals surface area contributed by atoms with Crippen LogP contribution in [0.5, 0.6) is 0 Å². The Hall–Kier alpha value is -0.570. The smallest absolute Gasteiger partial charge is 0.305 e. The summed E-state index contributed by atoms with van der Waals surface area (Å²) in [5, 5.41) is 8.94. The number of ether oxygens (including phenoxy) is 1. The molecule has 0 saturated heterocycles. The molecule has 126 valence electrons. The molecule has 0 aliphatic rings. The van der Waals surface area contributed by atoms with Gasteiger partial charge in [-0.1, -0.05) is 78.1 Å². The van der Waals surface area contributed by atoms with E-state index >= 15 is 0 Å². The highest BCUT2D eigenvalue weighted by Crippen LogP contribution is 2.14. The van der Waals surface area contributed by atoms with Crippen molar-refractivity contribution in [1.82, 2.24) is 0 Å². The summed E-state index contributed by atoms with van der Waals surface area (Å²) in [5.41, 5.74) is 0. The number of hydrogen-bond donors (Lipinski definition) is 1. The van der Waals surface area contributed by atoms with E-state index in [4.69, 9.17) is 9.84 Å². The molecule has 1 N–H and O–H groups in total. The van der Waals surface area contributed by atoms with Crippen molar-refractivity contribution in [2.45, 2.75) is 103 Å². The highest BCUT2D eigenvalue weighted by atomic mass is 16.5. The number of carboxylic acid groups (broad SMARTS) is 1. The lowest BCUT2D eigenvalue weighted by atomic mass is 10.0. The molecule has 0 fully saturated rings. The van der Waals surface area contributed by atoms with Gasteiger partial charge in [-0.15, -0.1) is 0 Å². The van der Waals surface area contributed by atoms with Crippen molar-refractivity contribution in [2.75, 3.05) is 6.61 Å². The molecule has 0 aromatic heterocycles. The summed E-state index contributed by atoms with van der Waals surface area (Å²) in [6, 6.07) is 0. The van der Waals surface area contributed by atoms with Crippen LogP contribution in [0.1, 0.15) is 97.3 Å². The van der Waals surface area contributed by atoms with Crippen LogP contribution >= 0.6 is 0 Å². The van der Waals surface area contributed by atoms with E-state index in [1.54, 1.807) is 0 Å². The van der Waals surface area contributed by atoms with E-state index in [-0.39, 0.29) is 12.5 Å². The summed E-state index contributed by atoms with van der Waals surface area (Å²) in [6.07, 6.45) is 14.5. The summed E-state index contributed by atoms with van der Waals surface area (Å²) >= 11 is 0. The van der Waals surface area contributed by atoms with E-state index in [9.17, 15) is 4.79 Å². The third-order valence-electron chi connectivity index (χ3n) is 3.88. The van der Waals surface area contributed by atoms with Crippen molar-refractivity contribution in [3.05, 3.63) is 0 Å². The zero-order valence-corrected chi connectivity index (χ0v) is 14.2. The molecule has 1 unspecified atom stereocenters. The van der Waals surface area contributed by atoms with Crippen LogP contribution in [0, 0.1) is 0 Å². The molecule has 0 heterocycles. The molecule has 0 saturated carbocycles. The first-order chi connectivity index (χ1) is 10.2. The van der Waals surface area contributed by atoms with Crippen LogP contribution in [0.4, 0.5) is 0 Å². The average Bonchev–Trinajstić information content (AvgIpc) is 2.45. The molecule has 0 rings (SSSR count). The van der Waals surface area contributed by atoms with Crippen LogP contribution in [0.25, 0.3) is 0 Å². The Morgan fingerprint density at radius 1 is 0.857 bits per heavy atom. The first-order valence-corrected chi connectivity index (χ1v) is 9.04. The highest BCUT2D eigenvalue weighted by Gasteiger charge is 2.13. The van der Waals surface area contributed by atoms with Crippen LogP contribution in [0.3, 0.4) is 0 Å². The second kappa shape index (κ2) is 15.8. The van der Waals surface area contributed by atoms with Crippen LogP contribution < -0.4 is 0 Å². The summed E-state index contributed by atoms with van der Waals surface area (Å²) in [5.74, 6) is -0.739. The Balaban J connectivity index is 3.63. The van der Waals surface area contributed by atoms with Crippen molar-refractivity contribution in [1.29, 1.82) is 0 Å². The Morgan fingerprint density at radius 3 is 1.95 bits per heavy atom. The normalized spacial score (nSPS) is 12.5. The first kappa shape index (κ1) is 20.4. The van der Waals surface area contributed by atoms with Gasteiger partial charge in [-0.3, -0.25) is 4.79 Å². The Morgan fingerprint density at radius 2 is 1.38 bits per heavy atom. The standard InChI is InChI=1S/C18H36O3/c1-3-5-7-9-10-11-12-14-17(16-18(19)20)21-15-13-8-6-4-2/h17H,3-16H2,1-2H3,(H,19,20). The molecule has 1 atom stereocenters. The number of unbranched alkanes of at least 4 members (excludes halogenated alkanes) is 9. The van der Waals surface area contributed by atoms with E-state index in [1.807, 2.05) is 0 Å². The SMILES string of the molecule is CCCCCCCCCC(CC(=O)O)OCCCCCC. The second-order valence-corrected chi connectivity index (χ2v) is 6.06. The number of carboxylic acids is 1. The summed E-state index contributed by atoms with van der Waals surface area (Å²) in [4.78, 5) is 10.9. The van der Waals surface area contributed by atoms with E-state index in [2.05, 4.69) is 13.8 Å². The third kappa shape index (κ3) is 15.6. The summed E-state index contributed by atoms with van der Waals surface area (Å²) < 4.78 is 5.76. The number of aliphatic carboxylic acids is 1. The van der Waals surface area contributed by atoms with Gasteiger partial charge in [0, 0.05) is 6.61 Å². The van der Waals surface area contributed by atoms with Gasteiger partial charge < -0.3 is 9.84 Å². The molecule has 21 heavy (non-hydrogen) atoms. The minimum Gasteiger partial charge on any atom is -0.481 e.